The highest BCUT2D eigenvalue weighted by Gasteiger charge is 2.32. The first-order chi connectivity index (χ1) is 21.0. The number of fused-ring (bicyclic) bond motifs is 1. The Balaban J connectivity index is 1.14. The van der Waals surface area contributed by atoms with E-state index in [0.717, 1.165) is 29.1 Å². The van der Waals surface area contributed by atoms with Gasteiger partial charge in [0.05, 0.1) is 35.3 Å². The van der Waals surface area contributed by atoms with Crippen LogP contribution in [0.4, 0.5) is 16.4 Å². The van der Waals surface area contributed by atoms with Crippen LogP contribution >= 0.6 is 11.3 Å². The molecule has 2 N–H and O–H groups in total. The molecule has 1 unspecified atom stereocenters. The SMILES string of the molecule is Cc1nc(NC(C)c2ccc(-c3ccccc3CN(C)C)s2)c2cc(N3CC(NC(=O)N4CCS(=O)(=O)CC4)C3)ncc2n1. The van der Waals surface area contributed by atoms with E-state index in [-0.39, 0.29) is 42.7 Å². The lowest BCUT2D eigenvalue weighted by atomic mass is 10.1. The molecule has 6 rings (SSSR count). The average Bonchev–Trinajstić information content (AvgIpc) is 3.45. The lowest BCUT2D eigenvalue weighted by Crippen LogP contribution is -2.62. The summed E-state index contributed by atoms with van der Waals surface area (Å²) in [5.41, 5.74) is 3.33. The van der Waals surface area contributed by atoms with Crippen molar-refractivity contribution in [2.24, 2.45) is 0 Å². The van der Waals surface area contributed by atoms with E-state index in [9.17, 15) is 13.2 Å². The highest BCUT2D eigenvalue weighted by atomic mass is 32.2. The van der Waals surface area contributed by atoms with Gasteiger partial charge in [0.2, 0.25) is 0 Å². The van der Waals surface area contributed by atoms with Crippen LogP contribution in [-0.4, -0.2) is 97.0 Å². The van der Waals surface area contributed by atoms with E-state index < -0.39 is 9.84 Å². The van der Waals surface area contributed by atoms with Crippen LogP contribution < -0.4 is 15.5 Å². The van der Waals surface area contributed by atoms with Gasteiger partial charge in [-0.2, -0.15) is 0 Å². The summed E-state index contributed by atoms with van der Waals surface area (Å²) in [4.78, 5) is 35.0. The molecule has 2 aliphatic rings. The number of benzene rings is 1. The fourth-order valence-corrected chi connectivity index (χ4v) is 7.88. The van der Waals surface area contributed by atoms with Crippen LogP contribution in [0.2, 0.25) is 0 Å². The largest absolute Gasteiger partial charge is 0.362 e. The van der Waals surface area contributed by atoms with Gasteiger partial charge >= 0.3 is 6.03 Å². The third-order valence-electron chi connectivity index (χ3n) is 8.02. The maximum atomic E-state index is 12.6. The van der Waals surface area contributed by atoms with Gasteiger partial charge in [-0.1, -0.05) is 24.3 Å². The van der Waals surface area contributed by atoms with Crippen molar-refractivity contribution >= 4 is 49.7 Å². The summed E-state index contributed by atoms with van der Waals surface area (Å²) in [7, 11) is 1.14. The number of nitrogens with zero attached hydrogens (tertiary/aromatic N) is 6. The molecule has 5 heterocycles. The number of urea groups is 1. The maximum absolute atomic E-state index is 12.6. The summed E-state index contributed by atoms with van der Waals surface area (Å²) in [6.45, 7) is 6.63. The molecule has 0 spiro atoms. The summed E-state index contributed by atoms with van der Waals surface area (Å²) < 4.78 is 23.4. The standard InChI is InChI=1S/C31H38N8O3S2/c1-20(27-9-10-28(43-27)24-8-6-5-7-22(24)17-37(3)4)33-30-25-15-29(32-16-26(25)34-21(2)35-30)39-18-23(19-39)36-31(40)38-11-13-44(41,42)14-12-38/h5-10,15-16,20,23H,11-14,17-19H2,1-4H3,(H,36,40)(H,33,34,35). The number of rotatable bonds is 8. The van der Waals surface area contributed by atoms with Gasteiger partial charge < -0.3 is 25.3 Å². The summed E-state index contributed by atoms with van der Waals surface area (Å²) in [5.74, 6) is 2.27. The first-order valence-electron chi connectivity index (χ1n) is 14.8. The van der Waals surface area contributed by atoms with Crippen LogP contribution in [0.5, 0.6) is 0 Å². The van der Waals surface area contributed by atoms with Crippen molar-refractivity contribution in [3.63, 3.8) is 0 Å². The van der Waals surface area contributed by atoms with Gasteiger partial charge in [0.1, 0.15) is 17.5 Å². The van der Waals surface area contributed by atoms with E-state index in [1.807, 2.05) is 13.0 Å². The average molecular weight is 635 g/mol. The van der Waals surface area contributed by atoms with Crippen molar-refractivity contribution in [2.45, 2.75) is 32.5 Å². The molecule has 44 heavy (non-hydrogen) atoms. The highest BCUT2D eigenvalue weighted by Crippen LogP contribution is 2.36. The molecule has 2 aliphatic heterocycles. The van der Waals surface area contributed by atoms with E-state index in [0.29, 0.717) is 18.9 Å². The Hall–Kier alpha value is -3.81. The first kappa shape index (κ1) is 30.2. The predicted octanol–water partition coefficient (Wildman–Crippen LogP) is 3.93. The number of nitrogens with one attached hydrogen (secondary N) is 2. The molecule has 0 bridgehead atoms. The van der Waals surface area contributed by atoms with Crippen LogP contribution in [0.1, 0.15) is 29.2 Å². The second-order valence-electron chi connectivity index (χ2n) is 11.8. The van der Waals surface area contributed by atoms with Crippen LogP contribution in [0.3, 0.4) is 0 Å². The number of hydrogen-bond acceptors (Lipinski definition) is 10. The number of aromatic nitrogens is 3. The van der Waals surface area contributed by atoms with Gasteiger partial charge in [-0.3, -0.25) is 0 Å². The highest BCUT2D eigenvalue weighted by molar-refractivity contribution is 7.91. The molecule has 2 amide bonds. The van der Waals surface area contributed by atoms with Gasteiger partial charge in [0, 0.05) is 47.9 Å². The lowest BCUT2D eigenvalue weighted by molar-refractivity contribution is 0.195. The molecule has 232 valence electrons. The molecule has 3 aromatic heterocycles. The number of hydrogen-bond donors (Lipinski definition) is 2. The number of sulfone groups is 1. The Kier molecular flexibility index (Phi) is 8.44. The number of aryl methyl sites for hydroxylation is 1. The number of thiophene rings is 1. The molecule has 4 aromatic rings. The van der Waals surface area contributed by atoms with Crippen molar-refractivity contribution < 1.29 is 13.2 Å². The van der Waals surface area contributed by atoms with Crippen LogP contribution in [0.25, 0.3) is 21.3 Å². The molecule has 1 aromatic carbocycles. The Morgan fingerprint density at radius 3 is 2.61 bits per heavy atom. The molecule has 0 aliphatic carbocycles. The van der Waals surface area contributed by atoms with Crippen molar-refractivity contribution in [1.82, 2.24) is 30.1 Å². The molecule has 0 radical (unpaired) electrons. The van der Waals surface area contributed by atoms with E-state index in [1.54, 1.807) is 22.4 Å². The van der Waals surface area contributed by atoms with E-state index in [4.69, 9.17) is 4.98 Å². The second-order valence-corrected chi connectivity index (χ2v) is 15.3. The van der Waals surface area contributed by atoms with Gasteiger partial charge in [0.25, 0.3) is 0 Å². The van der Waals surface area contributed by atoms with Crippen molar-refractivity contribution in [3.05, 3.63) is 64.9 Å². The third kappa shape index (κ3) is 6.64. The molecule has 2 fully saturated rings. The van der Waals surface area contributed by atoms with Gasteiger partial charge in [0.15, 0.2) is 9.84 Å². The topological polar surface area (TPSA) is 124 Å². The zero-order valence-corrected chi connectivity index (χ0v) is 27.1. The molecule has 13 heteroatoms. The maximum Gasteiger partial charge on any atom is 0.317 e. The molecule has 1 atom stereocenters. The molecule has 11 nitrogen and oxygen atoms in total. The zero-order chi connectivity index (χ0) is 31.0. The molecular formula is C31H38N8O3S2. The number of carbonyl (C=O) groups excluding carboxylic acids is 1. The summed E-state index contributed by atoms with van der Waals surface area (Å²) >= 11 is 1.79. The molecule has 2 saturated heterocycles. The fourth-order valence-electron chi connectivity index (χ4n) is 5.60. The minimum atomic E-state index is -3.03. The fraction of sp³-hybridized carbons (Fsp3) is 0.419. The van der Waals surface area contributed by atoms with Gasteiger partial charge in [-0.25, -0.2) is 28.2 Å². The summed E-state index contributed by atoms with van der Waals surface area (Å²) in [6, 6.07) is 14.7. The molecular weight excluding hydrogens is 597 g/mol. The predicted molar refractivity (Wildman–Crippen MR) is 176 cm³/mol. The van der Waals surface area contributed by atoms with Gasteiger partial charge in [-0.05, 0) is 57.3 Å². The van der Waals surface area contributed by atoms with Crippen LogP contribution in [0, 0.1) is 6.92 Å². The molecule has 0 saturated carbocycles. The zero-order valence-electron chi connectivity index (χ0n) is 25.4. The third-order valence-corrected chi connectivity index (χ3v) is 10.9. The van der Waals surface area contributed by atoms with Gasteiger partial charge in [-0.15, -0.1) is 11.3 Å². The summed E-state index contributed by atoms with van der Waals surface area (Å²) in [6.07, 6.45) is 1.78. The minimum Gasteiger partial charge on any atom is -0.362 e. The monoisotopic (exact) mass is 634 g/mol. The normalized spacial score (nSPS) is 17.5. The number of anilines is 2. The summed E-state index contributed by atoms with van der Waals surface area (Å²) in [5, 5.41) is 7.55. The van der Waals surface area contributed by atoms with Crippen LogP contribution in [0.15, 0.2) is 48.7 Å². The first-order valence-corrected chi connectivity index (χ1v) is 17.4. The second kappa shape index (κ2) is 12.3. The Morgan fingerprint density at radius 2 is 1.86 bits per heavy atom. The lowest BCUT2D eigenvalue weighted by Gasteiger charge is -2.41. The van der Waals surface area contributed by atoms with E-state index in [1.165, 1.54) is 20.9 Å². The van der Waals surface area contributed by atoms with Crippen molar-refractivity contribution in [2.75, 3.05) is 62.0 Å². The van der Waals surface area contributed by atoms with E-state index in [2.05, 4.69) is 87.8 Å². The number of amides is 2. The van der Waals surface area contributed by atoms with Crippen molar-refractivity contribution in [1.29, 1.82) is 0 Å². The minimum absolute atomic E-state index is 0.0210. The van der Waals surface area contributed by atoms with Crippen LogP contribution in [-0.2, 0) is 16.4 Å². The smallest absolute Gasteiger partial charge is 0.317 e. The Bertz CT molecular complexity index is 1770. The quantitative estimate of drug-likeness (QED) is 0.297. The van der Waals surface area contributed by atoms with E-state index >= 15 is 0 Å². The number of pyridine rings is 1. The Labute approximate surface area is 262 Å². The van der Waals surface area contributed by atoms with Crippen molar-refractivity contribution in [3.8, 4) is 10.4 Å². The number of carbonyl (C=O) groups is 1. The Morgan fingerprint density at radius 1 is 1.11 bits per heavy atom.